The van der Waals surface area contributed by atoms with E-state index in [0.717, 1.165) is 12.1 Å². The third kappa shape index (κ3) is 3.96. The lowest BCUT2D eigenvalue weighted by Crippen LogP contribution is -2.29. The van der Waals surface area contributed by atoms with Crippen LogP contribution in [0.15, 0.2) is 18.2 Å². The zero-order chi connectivity index (χ0) is 13.4. The predicted octanol–water partition coefficient (Wildman–Crippen LogP) is 2.19. The van der Waals surface area contributed by atoms with Crippen molar-refractivity contribution >= 4 is 5.69 Å². The van der Waals surface area contributed by atoms with Crippen molar-refractivity contribution in [3.8, 4) is 0 Å². The second-order valence-corrected chi connectivity index (χ2v) is 4.06. The highest BCUT2D eigenvalue weighted by Gasteiger charge is 2.14. The molecule has 102 valence electrons. The van der Waals surface area contributed by atoms with E-state index < -0.39 is 0 Å². The number of hydrogen-bond acceptors (Lipinski definition) is 3. The van der Waals surface area contributed by atoms with E-state index in [1.165, 1.54) is 6.07 Å². The monoisotopic (exact) mass is 254 g/mol. The average molecular weight is 254 g/mol. The molecular weight excluding hydrogens is 231 g/mol. The summed E-state index contributed by atoms with van der Waals surface area (Å²) in [5.74, 6) is -0.181. The first-order valence-electron chi connectivity index (χ1n) is 6.54. The number of ether oxygens (including phenoxy) is 1. The second kappa shape index (κ2) is 8.06. The highest BCUT2D eigenvalue weighted by atomic mass is 19.1. The largest absolute Gasteiger partial charge is 0.380 e. The van der Waals surface area contributed by atoms with Crippen LogP contribution >= 0.6 is 0 Å². The standard InChI is InChI=1S/C14H23FN2O/c1-3-17(10-11-18-4-2)14-12(8-9-16)6-5-7-13(14)15/h5-7H,3-4,8-11,16H2,1-2H3. The third-order valence-electron chi connectivity index (χ3n) is 2.89. The van der Waals surface area contributed by atoms with Gasteiger partial charge in [-0.3, -0.25) is 0 Å². The number of likely N-dealkylation sites (N-methyl/N-ethyl adjacent to an activating group) is 1. The predicted molar refractivity (Wildman–Crippen MR) is 73.5 cm³/mol. The van der Waals surface area contributed by atoms with Gasteiger partial charge < -0.3 is 15.4 Å². The van der Waals surface area contributed by atoms with Crippen molar-refractivity contribution in [3.63, 3.8) is 0 Å². The van der Waals surface area contributed by atoms with Crippen molar-refractivity contribution < 1.29 is 9.13 Å². The molecule has 0 spiro atoms. The SMILES string of the molecule is CCOCCN(CC)c1c(F)cccc1CCN. The van der Waals surface area contributed by atoms with Gasteiger partial charge in [-0.2, -0.15) is 0 Å². The normalized spacial score (nSPS) is 10.7. The summed E-state index contributed by atoms with van der Waals surface area (Å²) < 4.78 is 19.3. The van der Waals surface area contributed by atoms with Crippen molar-refractivity contribution in [2.24, 2.45) is 5.73 Å². The number of nitrogens with two attached hydrogens (primary N) is 1. The lowest BCUT2D eigenvalue weighted by Gasteiger charge is -2.26. The summed E-state index contributed by atoms with van der Waals surface area (Å²) in [6.07, 6.45) is 0.693. The smallest absolute Gasteiger partial charge is 0.146 e. The molecule has 3 nitrogen and oxygen atoms in total. The Morgan fingerprint density at radius 2 is 2.11 bits per heavy atom. The number of rotatable bonds is 8. The number of halogens is 1. The van der Waals surface area contributed by atoms with Gasteiger partial charge in [0, 0.05) is 19.7 Å². The Balaban J connectivity index is 2.88. The second-order valence-electron chi connectivity index (χ2n) is 4.06. The Morgan fingerprint density at radius 3 is 2.72 bits per heavy atom. The fourth-order valence-corrected chi connectivity index (χ4v) is 2.02. The maximum atomic E-state index is 14.0. The fourth-order valence-electron chi connectivity index (χ4n) is 2.02. The van der Waals surface area contributed by atoms with Crippen molar-refractivity contribution in [2.75, 3.05) is 37.7 Å². The van der Waals surface area contributed by atoms with Crippen molar-refractivity contribution in [1.29, 1.82) is 0 Å². The minimum atomic E-state index is -0.181. The summed E-state index contributed by atoms with van der Waals surface area (Å²) >= 11 is 0. The molecule has 0 fully saturated rings. The zero-order valence-corrected chi connectivity index (χ0v) is 11.3. The molecule has 0 bridgehead atoms. The maximum Gasteiger partial charge on any atom is 0.146 e. The van der Waals surface area contributed by atoms with E-state index in [4.69, 9.17) is 10.5 Å². The summed E-state index contributed by atoms with van der Waals surface area (Å²) in [5, 5.41) is 0. The molecule has 2 N–H and O–H groups in total. The van der Waals surface area contributed by atoms with Gasteiger partial charge in [-0.25, -0.2) is 4.39 Å². The molecular formula is C14H23FN2O. The van der Waals surface area contributed by atoms with Crippen molar-refractivity contribution in [1.82, 2.24) is 0 Å². The summed E-state index contributed by atoms with van der Waals surface area (Å²) in [5.41, 5.74) is 7.22. The van der Waals surface area contributed by atoms with Crippen LogP contribution < -0.4 is 10.6 Å². The van der Waals surface area contributed by atoms with Crippen LogP contribution in [-0.4, -0.2) is 32.8 Å². The van der Waals surface area contributed by atoms with Crippen LogP contribution in [0.2, 0.25) is 0 Å². The molecule has 0 heterocycles. The van der Waals surface area contributed by atoms with Gasteiger partial charge in [0.1, 0.15) is 5.82 Å². The van der Waals surface area contributed by atoms with Gasteiger partial charge in [0.05, 0.1) is 12.3 Å². The number of nitrogens with zero attached hydrogens (tertiary/aromatic N) is 1. The summed E-state index contributed by atoms with van der Waals surface area (Å²) in [4.78, 5) is 2.01. The van der Waals surface area contributed by atoms with Gasteiger partial charge in [0.2, 0.25) is 0 Å². The Labute approximate surface area is 109 Å². The quantitative estimate of drug-likeness (QED) is 0.723. The van der Waals surface area contributed by atoms with E-state index in [2.05, 4.69) is 0 Å². The molecule has 0 aliphatic rings. The van der Waals surface area contributed by atoms with Crippen LogP contribution in [0.4, 0.5) is 10.1 Å². The molecule has 0 saturated carbocycles. The fraction of sp³-hybridized carbons (Fsp3) is 0.571. The molecule has 1 aromatic carbocycles. The molecule has 1 aromatic rings. The van der Waals surface area contributed by atoms with Gasteiger partial charge in [0.15, 0.2) is 0 Å². The van der Waals surface area contributed by atoms with Crippen LogP contribution in [0, 0.1) is 5.82 Å². The van der Waals surface area contributed by atoms with Crippen LogP contribution in [0.3, 0.4) is 0 Å². The van der Waals surface area contributed by atoms with Crippen LogP contribution in [0.5, 0.6) is 0 Å². The molecule has 0 radical (unpaired) electrons. The first-order chi connectivity index (χ1) is 8.74. The highest BCUT2D eigenvalue weighted by Crippen LogP contribution is 2.24. The molecule has 0 aliphatic carbocycles. The molecule has 0 unspecified atom stereocenters. The Bertz CT molecular complexity index is 358. The van der Waals surface area contributed by atoms with E-state index in [9.17, 15) is 4.39 Å². The van der Waals surface area contributed by atoms with Gasteiger partial charge >= 0.3 is 0 Å². The molecule has 4 heteroatoms. The highest BCUT2D eigenvalue weighted by molar-refractivity contribution is 5.55. The van der Waals surface area contributed by atoms with Crippen molar-refractivity contribution in [3.05, 3.63) is 29.6 Å². The lowest BCUT2D eigenvalue weighted by molar-refractivity contribution is 0.154. The summed E-state index contributed by atoms with van der Waals surface area (Å²) in [6, 6.07) is 5.17. The van der Waals surface area contributed by atoms with E-state index in [1.54, 1.807) is 6.07 Å². The Morgan fingerprint density at radius 1 is 1.33 bits per heavy atom. The van der Waals surface area contributed by atoms with Gasteiger partial charge in [-0.15, -0.1) is 0 Å². The zero-order valence-electron chi connectivity index (χ0n) is 11.3. The Hall–Kier alpha value is -1.13. The van der Waals surface area contributed by atoms with Gasteiger partial charge in [-0.1, -0.05) is 12.1 Å². The summed E-state index contributed by atoms with van der Waals surface area (Å²) in [7, 11) is 0. The number of benzene rings is 1. The molecule has 18 heavy (non-hydrogen) atoms. The van der Waals surface area contributed by atoms with E-state index in [0.29, 0.717) is 38.4 Å². The van der Waals surface area contributed by atoms with E-state index in [-0.39, 0.29) is 5.82 Å². The molecule has 0 aliphatic heterocycles. The van der Waals surface area contributed by atoms with Crippen molar-refractivity contribution in [2.45, 2.75) is 20.3 Å². The van der Waals surface area contributed by atoms with Gasteiger partial charge in [-0.05, 0) is 38.4 Å². The molecule has 0 aromatic heterocycles. The first kappa shape index (κ1) is 14.9. The van der Waals surface area contributed by atoms with Crippen LogP contribution in [0.25, 0.3) is 0 Å². The number of para-hydroxylation sites is 1. The van der Waals surface area contributed by atoms with E-state index in [1.807, 2.05) is 24.8 Å². The molecule has 0 saturated heterocycles. The average Bonchev–Trinajstić information content (AvgIpc) is 2.37. The summed E-state index contributed by atoms with van der Waals surface area (Å²) in [6.45, 7) is 7.25. The van der Waals surface area contributed by atoms with Gasteiger partial charge in [0.25, 0.3) is 0 Å². The minimum Gasteiger partial charge on any atom is -0.380 e. The molecule has 1 rings (SSSR count). The topological polar surface area (TPSA) is 38.5 Å². The first-order valence-corrected chi connectivity index (χ1v) is 6.54. The van der Waals surface area contributed by atoms with Crippen LogP contribution in [-0.2, 0) is 11.2 Å². The molecule has 0 atom stereocenters. The lowest BCUT2D eigenvalue weighted by atomic mass is 10.1. The van der Waals surface area contributed by atoms with Crippen LogP contribution in [0.1, 0.15) is 19.4 Å². The minimum absolute atomic E-state index is 0.181. The number of hydrogen-bond donors (Lipinski definition) is 1. The Kier molecular flexibility index (Phi) is 6.68. The molecule has 0 amide bonds. The van der Waals surface area contributed by atoms with E-state index >= 15 is 0 Å². The number of anilines is 1. The third-order valence-corrected chi connectivity index (χ3v) is 2.89. The maximum absolute atomic E-state index is 14.0.